The monoisotopic (exact) mass is 409 g/mol. The summed E-state index contributed by atoms with van der Waals surface area (Å²) in [7, 11) is 2.80. The van der Waals surface area contributed by atoms with Crippen molar-refractivity contribution in [2.75, 3.05) is 20.8 Å². The minimum Gasteiger partial charge on any atom is -0.493 e. The summed E-state index contributed by atoms with van der Waals surface area (Å²) in [6.07, 6.45) is 0. The number of para-hydroxylation sites is 1. The van der Waals surface area contributed by atoms with E-state index in [0.717, 1.165) is 10.9 Å². The largest absolute Gasteiger partial charge is 0.493 e. The van der Waals surface area contributed by atoms with Crippen LogP contribution in [0.5, 0.6) is 11.5 Å². The molecule has 0 unspecified atom stereocenters. The molecule has 7 nitrogen and oxygen atoms in total. The van der Waals surface area contributed by atoms with Crippen molar-refractivity contribution < 1.29 is 28.5 Å². The number of rotatable bonds is 7. The number of hydrogen-bond acceptors (Lipinski definition) is 7. The molecule has 2 aromatic carbocycles. The lowest BCUT2D eigenvalue weighted by Gasteiger charge is -2.14. The van der Waals surface area contributed by atoms with Crippen molar-refractivity contribution in [3.8, 4) is 11.5 Å². The van der Waals surface area contributed by atoms with Gasteiger partial charge in [-0.3, -0.25) is 0 Å². The van der Waals surface area contributed by atoms with Crippen molar-refractivity contribution in [3.63, 3.8) is 0 Å². The lowest BCUT2D eigenvalue weighted by Crippen LogP contribution is -2.14. The van der Waals surface area contributed by atoms with Crippen LogP contribution in [0.4, 0.5) is 0 Å². The highest BCUT2D eigenvalue weighted by molar-refractivity contribution is 5.98. The Morgan fingerprint density at radius 2 is 1.77 bits per heavy atom. The van der Waals surface area contributed by atoms with Crippen molar-refractivity contribution in [2.45, 2.75) is 20.5 Å². The van der Waals surface area contributed by atoms with Crippen LogP contribution in [0.25, 0.3) is 10.9 Å². The zero-order chi connectivity index (χ0) is 21.7. The van der Waals surface area contributed by atoms with Gasteiger partial charge in [-0.15, -0.1) is 0 Å². The SMILES string of the molecule is CCOc1ccc(C(=O)OCc2nc3ccccc3c(C)c2C(=O)OC)cc1OC. The summed E-state index contributed by atoms with van der Waals surface area (Å²) in [6.45, 7) is 3.98. The maximum atomic E-state index is 12.6. The van der Waals surface area contributed by atoms with E-state index < -0.39 is 11.9 Å². The Kier molecular flexibility index (Phi) is 6.51. The van der Waals surface area contributed by atoms with Gasteiger partial charge < -0.3 is 18.9 Å². The number of hydrogen-bond donors (Lipinski definition) is 0. The summed E-state index contributed by atoms with van der Waals surface area (Å²) in [6, 6.07) is 12.2. The Bertz CT molecular complexity index is 1090. The Labute approximate surface area is 174 Å². The van der Waals surface area contributed by atoms with Crippen LogP contribution in [0, 0.1) is 6.92 Å². The lowest BCUT2D eigenvalue weighted by atomic mass is 10.0. The second kappa shape index (κ2) is 9.26. The second-order valence-corrected chi connectivity index (χ2v) is 6.44. The molecule has 0 fully saturated rings. The van der Waals surface area contributed by atoms with E-state index in [1.807, 2.05) is 38.1 Å². The van der Waals surface area contributed by atoms with Crippen molar-refractivity contribution in [1.29, 1.82) is 0 Å². The van der Waals surface area contributed by atoms with E-state index in [1.54, 1.807) is 18.2 Å². The number of pyridine rings is 1. The smallest absolute Gasteiger partial charge is 0.340 e. The molecule has 0 spiro atoms. The number of nitrogens with zero attached hydrogens (tertiary/aromatic N) is 1. The molecule has 0 N–H and O–H groups in total. The van der Waals surface area contributed by atoms with Crippen molar-refractivity contribution >= 4 is 22.8 Å². The van der Waals surface area contributed by atoms with Crippen LogP contribution in [0.3, 0.4) is 0 Å². The van der Waals surface area contributed by atoms with E-state index >= 15 is 0 Å². The van der Waals surface area contributed by atoms with E-state index in [2.05, 4.69) is 4.98 Å². The Hall–Kier alpha value is -3.61. The van der Waals surface area contributed by atoms with E-state index in [4.69, 9.17) is 18.9 Å². The molecule has 0 amide bonds. The Balaban J connectivity index is 1.89. The van der Waals surface area contributed by atoms with Gasteiger partial charge in [-0.05, 0) is 43.7 Å². The maximum absolute atomic E-state index is 12.6. The van der Waals surface area contributed by atoms with Gasteiger partial charge in [0.1, 0.15) is 6.61 Å². The standard InChI is InChI=1S/C23H23NO6/c1-5-29-19-11-10-15(12-20(19)27-3)22(25)30-13-18-21(23(26)28-4)14(2)16-8-6-7-9-17(16)24-18/h6-12H,5,13H2,1-4H3. The van der Waals surface area contributed by atoms with Gasteiger partial charge in [0.2, 0.25) is 0 Å². The van der Waals surface area contributed by atoms with Gasteiger partial charge in [0, 0.05) is 5.39 Å². The molecular formula is C23H23NO6. The zero-order valence-electron chi connectivity index (χ0n) is 17.4. The van der Waals surface area contributed by atoms with Gasteiger partial charge in [0.25, 0.3) is 0 Å². The molecule has 1 heterocycles. The lowest BCUT2D eigenvalue weighted by molar-refractivity contribution is 0.0455. The molecule has 0 aliphatic heterocycles. The fourth-order valence-corrected chi connectivity index (χ4v) is 3.20. The number of carbonyl (C=O) groups excluding carboxylic acids is 2. The van der Waals surface area contributed by atoms with Gasteiger partial charge >= 0.3 is 11.9 Å². The van der Waals surface area contributed by atoms with E-state index in [1.165, 1.54) is 14.2 Å². The fraction of sp³-hybridized carbons (Fsp3) is 0.261. The van der Waals surface area contributed by atoms with Gasteiger partial charge in [-0.1, -0.05) is 18.2 Å². The van der Waals surface area contributed by atoms with Crippen LogP contribution in [0.2, 0.25) is 0 Å². The first kappa shape index (κ1) is 21.1. The third-order valence-electron chi connectivity index (χ3n) is 4.66. The minimum atomic E-state index is -0.570. The van der Waals surface area contributed by atoms with Crippen molar-refractivity contribution in [1.82, 2.24) is 4.98 Å². The molecule has 0 aliphatic rings. The van der Waals surface area contributed by atoms with Crippen molar-refractivity contribution in [2.24, 2.45) is 0 Å². The van der Waals surface area contributed by atoms with Crippen LogP contribution in [0.15, 0.2) is 42.5 Å². The third kappa shape index (κ3) is 4.20. The van der Waals surface area contributed by atoms with Crippen LogP contribution in [-0.2, 0) is 16.1 Å². The predicted octanol–water partition coefficient (Wildman–Crippen LogP) is 4.09. The van der Waals surface area contributed by atoms with Crippen LogP contribution in [0.1, 0.15) is 38.9 Å². The topological polar surface area (TPSA) is 84.0 Å². The van der Waals surface area contributed by atoms with Gasteiger partial charge in [-0.25, -0.2) is 14.6 Å². The molecule has 0 saturated heterocycles. The van der Waals surface area contributed by atoms with Gasteiger partial charge in [-0.2, -0.15) is 0 Å². The summed E-state index contributed by atoms with van der Waals surface area (Å²) in [5.74, 6) is -0.128. The number of aryl methyl sites for hydroxylation is 1. The maximum Gasteiger partial charge on any atom is 0.340 e. The molecule has 3 rings (SSSR count). The highest BCUT2D eigenvalue weighted by atomic mass is 16.5. The summed E-state index contributed by atoms with van der Waals surface area (Å²) in [5, 5.41) is 0.837. The molecule has 30 heavy (non-hydrogen) atoms. The average Bonchev–Trinajstić information content (AvgIpc) is 2.77. The van der Waals surface area contributed by atoms with Crippen molar-refractivity contribution in [3.05, 3.63) is 64.8 Å². The normalized spacial score (nSPS) is 10.5. The highest BCUT2D eigenvalue weighted by Gasteiger charge is 2.21. The molecule has 7 heteroatoms. The third-order valence-corrected chi connectivity index (χ3v) is 4.66. The molecule has 0 bridgehead atoms. The van der Waals surface area contributed by atoms with Crippen LogP contribution in [-0.4, -0.2) is 37.7 Å². The molecule has 3 aromatic rings. The molecular weight excluding hydrogens is 386 g/mol. The number of carbonyl (C=O) groups is 2. The van der Waals surface area contributed by atoms with Gasteiger partial charge in [0.05, 0.1) is 43.2 Å². The number of aromatic nitrogens is 1. The first-order valence-corrected chi connectivity index (χ1v) is 9.44. The Morgan fingerprint density at radius 1 is 1.00 bits per heavy atom. The van der Waals surface area contributed by atoms with Gasteiger partial charge in [0.15, 0.2) is 11.5 Å². The zero-order valence-corrected chi connectivity index (χ0v) is 17.4. The summed E-state index contributed by atoms with van der Waals surface area (Å²) in [4.78, 5) is 29.5. The minimum absolute atomic E-state index is 0.176. The molecule has 1 aromatic heterocycles. The second-order valence-electron chi connectivity index (χ2n) is 6.44. The van der Waals surface area contributed by atoms with Crippen LogP contribution >= 0.6 is 0 Å². The quantitative estimate of drug-likeness (QED) is 0.543. The predicted molar refractivity (Wildman–Crippen MR) is 111 cm³/mol. The summed E-state index contributed by atoms with van der Waals surface area (Å²) < 4.78 is 21.1. The number of methoxy groups -OCH3 is 2. The highest BCUT2D eigenvalue weighted by Crippen LogP contribution is 2.29. The fourth-order valence-electron chi connectivity index (χ4n) is 3.20. The molecule has 0 saturated carbocycles. The number of fused-ring (bicyclic) bond motifs is 1. The molecule has 0 radical (unpaired) electrons. The summed E-state index contributed by atoms with van der Waals surface area (Å²) in [5.41, 5.74) is 2.36. The molecule has 156 valence electrons. The van der Waals surface area contributed by atoms with Crippen LogP contribution < -0.4 is 9.47 Å². The van der Waals surface area contributed by atoms with E-state index in [9.17, 15) is 9.59 Å². The number of ether oxygens (including phenoxy) is 4. The Morgan fingerprint density at radius 3 is 2.47 bits per heavy atom. The first-order valence-electron chi connectivity index (χ1n) is 9.44. The molecule has 0 atom stereocenters. The van der Waals surface area contributed by atoms with E-state index in [0.29, 0.717) is 40.4 Å². The summed E-state index contributed by atoms with van der Waals surface area (Å²) >= 11 is 0. The molecule has 0 aliphatic carbocycles. The van der Waals surface area contributed by atoms with E-state index in [-0.39, 0.29) is 6.61 Å². The average molecular weight is 409 g/mol. The first-order chi connectivity index (χ1) is 14.5. The number of benzene rings is 2. The number of esters is 2.